The largest absolute Gasteiger partial charge is 0.418 e. The van der Waals surface area contributed by atoms with E-state index in [0.29, 0.717) is 0 Å². The van der Waals surface area contributed by atoms with E-state index >= 15 is 0 Å². The molecule has 0 aromatic rings. The van der Waals surface area contributed by atoms with Crippen LogP contribution in [0.5, 0.6) is 0 Å². The van der Waals surface area contributed by atoms with Gasteiger partial charge in [-0.05, 0) is 37.1 Å². The molecule has 1 aliphatic carbocycles. The molecule has 0 aliphatic heterocycles. The smallest absolute Gasteiger partial charge is 0.409 e. The van der Waals surface area contributed by atoms with Crippen molar-refractivity contribution in [3.63, 3.8) is 0 Å². The fraction of sp³-hybridized carbons (Fsp3) is 0.923. The molecule has 0 aromatic carbocycles. The van der Waals surface area contributed by atoms with E-state index in [4.69, 9.17) is 0 Å². The van der Waals surface area contributed by atoms with Gasteiger partial charge in [-0.15, -0.1) is 0 Å². The van der Waals surface area contributed by atoms with Crippen molar-refractivity contribution in [1.29, 1.82) is 0 Å². The highest BCUT2D eigenvalue weighted by Crippen LogP contribution is 2.45. The summed E-state index contributed by atoms with van der Waals surface area (Å²) in [6.45, 7) is 6.46. The van der Waals surface area contributed by atoms with E-state index in [9.17, 15) is 9.18 Å². The quantitative estimate of drug-likeness (QED) is 0.816. The Morgan fingerprint density at radius 1 is 1.39 bits per heavy atom. The Kier molecular flexibility index (Phi) is 4.96. The summed E-state index contributed by atoms with van der Waals surface area (Å²) in [6, 6.07) is 0.0474. The third kappa shape index (κ3) is 4.44. The monoisotopic (exact) mass is 260 g/mol. The lowest BCUT2D eigenvalue weighted by Gasteiger charge is -2.46. The predicted molar refractivity (Wildman–Crippen MR) is 69.0 cm³/mol. The number of nitrogens with one attached hydrogen (secondary N) is 2. The van der Waals surface area contributed by atoms with Crippen molar-refractivity contribution < 1.29 is 13.9 Å². The van der Waals surface area contributed by atoms with Gasteiger partial charge in [0.25, 0.3) is 0 Å². The van der Waals surface area contributed by atoms with Gasteiger partial charge >= 0.3 is 6.09 Å². The molecule has 18 heavy (non-hydrogen) atoms. The molecule has 0 aromatic heterocycles. The average molecular weight is 260 g/mol. The first-order valence-corrected chi connectivity index (χ1v) is 6.44. The van der Waals surface area contributed by atoms with Crippen molar-refractivity contribution in [3.05, 3.63) is 0 Å². The van der Waals surface area contributed by atoms with Crippen molar-refractivity contribution in [2.24, 2.45) is 10.8 Å². The van der Waals surface area contributed by atoms with Crippen molar-refractivity contribution in [1.82, 2.24) is 10.6 Å². The summed E-state index contributed by atoms with van der Waals surface area (Å²) in [5, 5.41) is 5.97. The lowest BCUT2D eigenvalue weighted by Crippen LogP contribution is -2.49. The van der Waals surface area contributed by atoms with Crippen molar-refractivity contribution in [2.45, 2.75) is 46.1 Å². The van der Waals surface area contributed by atoms with E-state index in [1.54, 1.807) is 0 Å². The number of rotatable bonds is 4. The maximum Gasteiger partial charge on any atom is 0.409 e. The molecular weight excluding hydrogens is 235 g/mol. The van der Waals surface area contributed by atoms with Gasteiger partial charge in [0.2, 0.25) is 6.86 Å². The van der Waals surface area contributed by atoms with Crippen LogP contribution in [0.3, 0.4) is 0 Å². The molecule has 2 unspecified atom stereocenters. The Labute approximate surface area is 109 Å². The van der Waals surface area contributed by atoms with Gasteiger partial charge in [0.05, 0.1) is 0 Å². The lowest BCUT2D eigenvalue weighted by atomic mass is 9.62. The molecule has 2 N–H and O–H groups in total. The SMILES string of the molecule is CNCC1(C)CC(NC(=O)OCF)CC(C)(C)C1. The topological polar surface area (TPSA) is 50.4 Å². The minimum absolute atomic E-state index is 0.0474. The zero-order chi connectivity index (χ0) is 13.8. The van der Waals surface area contributed by atoms with E-state index < -0.39 is 13.0 Å². The van der Waals surface area contributed by atoms with Gasteiger partial charge in [-0.3, -0.25) is 0 Å². The van der Waals surface area contributed by atoms with Gasteiger partial charge in [-0.2, -0.15) is 0 Å². The van der Waals surface area contributed by atoms with Crippen LogP contribution < -0.4 is 10.6 Å². The first-order chi connectivity index (χ1) is 8.30. The average Bonchev–Trinajstić information content (AvgIpc) is 2.13. The molecule has 1 amide bonds. The maximum absolute atomic E-state index is 11.9. The number of carbonyl (C=O) groups excluding carboxylic acids is 1. The molecular formula is C13H25FN2O2. The highest BCUT2D eigenvalue weighted by molar-refractivity contribution is 5.67. The third-order valence-corrected chi connectivity index (χ3v) is 3.55. The highest BCUT2D eigenvalue weighted by atomic mass is 19.1. The van der Waals surface area contributed by atoms with E-state index in [2.05, 4.69) is 36.1 Å². The molecule has 1 aliphatic rings. The van der Waals surface area contributed by atoms with E-state index in [1.165, 1.54) is 0 Å². The molecule has 0 radical (unpaired) electrons. The summed E-state index contributed by atoms with van der Waals surface area (Å²) >= 11 is 0. The number of hydrogen-bond donors (Lipinski definition) is 2. The van der Waals surface area contributed by atoms with Crippen LogP contribution in [0.15, 0.2) is 0 Å². The Bertz CT molecular complexity index is 297. The fourth-order valence-corrected chi connectivity index (χ4v) is 3.56. The molecule has 1 fully saturated rings. The Hall–Kier alpha value is -0.840. The Morgan fingerprint density at radius 3 is 2.61 bits per heavy atom. The van der Waals surface area contributed by atoms with Crippen LogP contribution in [0.2, 0.25) is 0 Å². The second-order valence-corrected chi connectivity index (χ2v) is 6.47. The lowest BCUT2D eigenvalue weighted by molar-refractivity contribution is 0.0579. The molecule has 106 valence electrons. The predicted octanol–water partition coefficient (Wildman–Crippen LogP) is 2.44. The molecule has 5 heteroatoms. The summed E-state index contributed by atoms with van der Waals surface area (Å²) in [7, 11) is 1.94. The molecule has 1 saturated carbocycles. The normalized spacial score (nSPS) is 30.8. The highest BCUT2D eigenvalue weighted by Gasteiger charge is 2.41. The zero-order valence-electron chi connectivity index (χ0n) is 11.8. The Balaban J connectivity index is 2.66. The van der Waals surface area contributed by atoms with E-state index in [0.717, 1.165) is 25.8 Å². The number of alkyl halides is 1. The number of alkyl carbamates (subject to hydrolysis) is 1. The number of halogens is 1. The molecule has 0 spiro atoms. The van der Waals surface area contributed by atoms with Gasteiger partial charge in [0.15, 0.2) is 0 Å². The minimum atomic E-state index is -1.07. The van der Waals surface area contributed by atoms with Crippen LogP contribution in [0, 0.1) is 10.8 Å². The summed E-state index contributed by atoms with van der Waals surface area (Å²) < 4.78 is 16.2. The number of carbonyl (C=O) groups is 1. The number of hydrogen-bond acceptors (Lipinski definition) is 3. The number of ether oxygens (including phenoxy) is 1. The van der Waals surface area contributed by atoms with Crippen LogP contribution in [0.1, 0.15) is 40.0 Å². The maximum atomic E-state index is 11.9. The second kappa shape index (κ2) is 5.87. The van der Waals surface area contributed by atoms with E-state index in [-0.39, 0.29) is 16.9 Å². The third-order valence-electron chi connectivity index (χ3n) is 3.55. The van der Waals surface area contributed by atoms with E-state index in [1.807, 2.05) is 7.05 Å². The minimum Gasteiger partial charge on any atom is -0.418 e. The van der Waals surface area contributed by atoms with Crippen LogP contribution in [0.25, 0.3) is 0 Å². The number of amides is 1. The first-order valence-electron chi connectivity index (χ1n) is 6.44. The van der Waals surface area contributed by atoms with Gasteiger partial charge in [-0.25, -0.2) is 9.18 Å². The van der Waals surface area contributed by atoms with Crippen molar-refractivity contribution >= 4 is 6.09 Å². The van der Waals surface area contributed by atoms with Crippen molar-refractivity contribution in [3.8, 4) is 0 Å². The van der Waals surface area contributed by atoms with Crippen LogP contribution in [-0.4, -0.2) is 32.6 Å². The zero-order valence-corrected chi connectivity index (χ0v) is 11.8. The van der Waals surface area contributed by atoms with Gasteiger partial charge in [0.1, 0.15) is 0 Å². The van der Waals surface area contributed by atoms with Crippen molar-refractivity contribution in [2.75, 3.05) is 20.5 Å². The molecule has 0 saturated heterocycles. The molecule has 0 bridgehead atoms. The van der Waals surface area contributed by atoms with Gasteiger partial charge < -0.3 is 15.4 Å². The molecule has 2 atom stereocenters. The van der Waals surface area contributed by atoms with Crippen LogP contribution >= 0.6 is 0 Å². The first kappa shape index (κ1) is 15.2. The second-order valence-electron chi connectivity index (χ2n) is 6.47. The van der Waals surface area contributed by atoms with Crippen LogP contribution in [0.4, 0.5) is 9.18 Å². The molecule has 0 heterocycles. The molecule has 1 rings (SSSR count). The molecule has 4 nitrogen and oxygen atoms in total. The van der Waals surface area contributed by atoms with Crippen LogP contribution in [-0.2, 0) is 4.74 Å². The Morgan fingerprint density at radius 2 is 2.06 bits per heavy atom. The standard InChI is InChI=1S/C13H25FN2O2/c1-12(2)5-10(16-11(17)18-9-14)6-13(3,7-12)8-15-4/h10,15H,5-9H2,1-4H3,(H,16,17). The summed E-state index contributed by atoms with van der Waals surface area (Å²) in [6.07, 6.45) is 2.23. The summed E-state index contributed by atoms with van der Waals surface area (Å²) in [5.41, 5.74) is 0.307. The van der Waals surface area contributed by atoms with Gasteiger partial charge in [-0.1, -0.05) is 20.8 Å². The summed E-state index contributed by atoms with van der Waals surface area (Å²) in [4.78, 5) is 11.3. The van der Waals surface area contributed by atoms with Gasteiger partial charge in [0, 0.05) is 12.6 Å². The fourth-order valence-electron chi connectivity index (χ4n) is 3.56. The summed E-state index contributed by atoms with van der Waals surface area (Å²) in [5.74, 6) is 0.